The molecule has 29 heavy (non-hydrogen) atoms. The van der Waals surface area contributed by atoms with Crippen LogP contribution in [-0.2, 0) is 4.79 Å². The summed E-state index contributed by atoms with van der Waals surface area (Å²) in [5, 5.41) is 9.32. The van der Waals surface area contributed by atoms with Gasteiger partial charge in [-0.3, -0.25) is 9.36 Å². The van der Waals surface area contributed by atoms with Crippen molar-refractivity contribution in [2.75, 3.05) is 18.6 Å². The van der Waals surface area contributed by atoms with Crippen LogP contribution in [0.3, 0.4) is 0 Å². The van der Waals surface area contributed by atoms with E-state index in [1.165, 1.54) is 11.8 Å². The number of para-hydroxylation sites is 1. The number of aromatic nitrogens is 2. The lowest BCUT2D eigenvalue weighted by Crippen LogP contribution is -2.37. The first kappa shape index (κ1) is 20.5. The molecule has 1 atom stereocenters. The standard InChI is InChI=1S/C22H22N4O2S/c1-17(21(27)25(14-7-12-23)18-8-4-3-5-9-18)29-22-24-13-15-26(22)19-10-6-11-20(16-19)28-2/h3-6,8-11,13,15-17H,7,14H2,1-2H3. The molecule has 3 aromatic rings. The van der Waals surface area contributed by atoms with E-state index >= 15 is 0 Å². The molecule has 1 aromatic heterocycles. The zero-order chi connectivity index (χ0) is 20.6. The molecule has 0 fully saturated rings. The molecule has 3 rings (SSSR count). The SMILES string of the molecule is COc1cccc(-n2ccnc2SC(C)C(=O)N(CCC#N)c2ccccc2)c1. The van der Waals surface area contributed by atoms with E-state index in [4.69, 9.17) is 10.00 Å². The maximum atomic E-state index is 13.2. The van der Waals surface area contributed by atoms with Crippen LogP contribution in [0.2, 0.25) is 0 Å². The van der Waals surface area contributed by atoms with Crippen molar-refractivity contribution in [1.82, 2.24) is 9.55 Å². The molecule has 1 heterocycles. The summed E-state index contributed by atoms with van der Waals surface area (Å²) in [6, 6.07) is 19.2. The molecule has 2 aromatic carbocycles. The summed E-state index contributed by atoms with van der Waals surface area (Å²) in [6.45, 7) is 2.22. The maximum Gasteiger partial charge on any atom is 0.240 e. The molecule has 7 heteroatoms. The number of carbonyl (C=O) groups is 1. The number of amides is 1. The van der Waals surface area contributed by atoms with Crippen molar-refractivity contribution < 1.29 is 9.53 Å². The normalized spacial score (nSPS) is 11.5. The molecule has 0 saturated carbocycles. The van der Waals surface area contributed by atoms with Crippen molar-refractivity contribution in [2.45, 2.75) is 23.8 Å². The zero-order valence-corrected chi connectivity index (χ0v) is 17.2. The Balaban J connectivity index is 1.80. The number of carbonyl (C=O) groups excluding carboxylic acids is 1. The lowest BCUT2D eigenvalue weighted by molar-refractivity contribution is -0.117. The molecule has 0 spiro atoms. The van der Waals surface area contributed by atoms with E-state index in [0.717, 1.165) is 17.1 Å². The van der Waals surface area contributed by atoms with E-state index in [2.05, 4.69) is 11.1 Å². The number of imidazole rings is 1. The lowest BCUT2D eigenvalue weighted by atomic mass is 10.2. The summed E-state index contributed by atoms with van der Waals surface area (Å²) < 4.78 is 7.23. The molecule has 6 nitrogen and oxygen atoms in total. The van der Waals surface area contributed by atoms with Gasteiger partial charge in [0.25, 0.3) is 0 Å². The summed E-state index contributed by atoms with van der Waals surface area (Å²) >= 11 is 1.39. The predicted molar refractivity (Wildman–Crippen MR) is 114 cm³/mol. The molecular weight excluding hydrogens is 384 g/mol. The van der Waals surface area contributed by atoms with E-state index in [0.29, 0.717) is 11.7 Å². The van der Waals surface area contributed by atoms with Crippen LogP contribution in [0.1, 0.15) is 13.3 Å². The fraction of sp³-hybridized carbons (Fsp3) is 0.227. The fourth-order valence-corrected chi connectivity index (χ4v) is 3.84. The van der Waals surface area contributed by atoms with Crippen LogP contribution in [0.15, 0.2) is 72.1 Å². The first-order valence-corrected chi connectivity index (χ1v) is 10.1. The van der Waals surface area contributed by atoms with Crippen LogP contribution in [-0.4, -0.2) is 34.4 Å². The van der Waals surface area contributed by atoms with Crippen molar-refractivity contribution in [3.8, 4) is 17.5 Å². The smallest absolute Gasteiger partial charge is 0.240 e. The van der Waals surface area contributed by atoms with E-state index in [1.807, 2.05) is 72.3 Å². The van der Waals surface area contributed by atoms with Gasteiger partial charge >= 0.3 is 0 Å². The average molecular weight is 407 g/mol. The van der Waals surface area contributed by atoms with E-state index in [1.54, 1.807) is 18.2 Å². The number of hydrogen-bond donors (Lipinski definition) is 0. The van der Waals surface area contributed by atoms with Gasteiger partial charge in [-0.25, -0.2) is 4.98 Å². The van der Waals surface area contributed by atoms with Gasteiger partial charge in [-0.15, -0.1) is 0 Å². The molecule has 0 aliphatic heterocycles. The largest absolute Gasteiger partial charge is 0.497 e. The number of nitriles is 1. The first-order valence-electron chi connectivity index (χ1n) is 9.22. The highest BCUT2D eigenvalue weighted by Crippen LogP contribution is 2.28. The van der Waals surface area contributed by atoms with Crippen molar-refractivity contribution in [3.63, 3.8) is 0 Å². The average Bonchev–Trinajstić information content (AvgIpc) is 3.22. The molecule has 0 aliphatic rings. The van der Waals surface area contributed by atoms with Crippen LogP contribution >= 0.6 is 11.8 Å². The van der Waals surface area contributed by atoms with Crippen LogP contribution in [0, 0.1) is 11.3 Å². The second-order valence-electron chi connectivity index (χ2n) is 6.27. The quantitative estimate of drug-likeness (QED) is 0.521. The Bertz CT molecular complexity index is 997. The molecule has 0 aliphatic carbocycles. The molecular formula is C22H22N4O2S. The van der Waals surface area contributed by atoms with E-state index < -0.39 is 0 Å². The van der Waals surface area contributed by atoms with Gasteiger partial charge in [0.2, 0.25) is 5.91 Å². The molecule has 148 valence electrons. The van der Waals surface area contributed by atoms with Gasteiger partial charge in [0.05, 0.1) is 30.5 Å². The number of anilines is 1. The van der Waals surface area contributed by atoms with Gasteiger partial charge in [-0.05, 0) is 31.2 Å². The number of rotatable bonds is 8. The van der Waals surface area contributed by atoms with Crippen molar-refractivity contribution in [3.05, 3.63) is 67.0 Å². The van der Waals surface area contributed by atoms with Gasteiger partial charge in [-0.1, -0.05) is 36.0 Å². The highest BCUT2D eigenvalue weighted by molar-refractivity contribution is 8.00. The Kier molecular flexibility index (Phi) is 6.93. The zero-order valence-electron chi connectivity index (χ0n) is 16.4. The molecule has 0 radical (unpaired) electrons. The Morgan fingerprint density at radius 1 is 1.28 bits per heavy atom. The second kappa shape index (κ2) is 9.80. The van der Waals surface area contributed by atoms with Gasteiger partial charge < -0.3 is 9.64 Å². The van der Waals surface area contributed by atoms with Crippen molar-refractivity contribution in [2.24, 2.45) is 0 Å². The monoisotopic (exact) mass is 406 g/mol. The molecule has 1 amide bonds. The highest BCUT2D eigenvalue weighted by Gasteiger charge is 2.24. The van der Waals surface area contributed by atoms with Crippen LogP contribution in [0.5, 0.6) is 5.75 Å². The Morgan fingerprint density at radius 2 is 2.07 bits per heavy atom. The molecule has 0 saturated heterocycles. The summed E-state index contributed by atoms with van der Waals surface area (Å²) in [6.07, 6.45) is 3.85. The van der Waals surface area contributed by atoms with Gasteiger partial charge in [0.15, 0.2) is 5.16 Å². The third kappa shape index (κ3) is 4.98. The second-order valence-corrected chi connectivity index (χ2v) is 7.58. The molecule has 1 unspecified atom stereocenters. The summed E-state index contributed by atoms with van der Waals surface area (Å²) in [5.41, 5.74) is 1.70. The molecule has 0 bridgehead atoms. The van der Waals surface area contributed by atoms with Gasteiger partial charge in [0.1, 0.15) is 5.75 Å². The van der Waals surface area contributed by atoms with Crippen LogP contribution in [0.4, 0.5) is 5.69 Å². The Morgan fingerprint density at radius 3 is 2.79 bits per heavy atom. The number of hydrogen-bond acceptors (Lipinski definition) is 5. The minimum absolute atomic E-state index is 0.0587. The lowest BCUT2D eigenvalue weighted by Gasteiger charge is -2.25. The number of thioether (sulfide) groups is 1. The van der Waals surface area contributed by atoms with Crippen LogP contribution in [0.25, 0.3) is 5.69 Å². The Hall–Kier alpha value is -3.24. The highest BCUT2D eigenvalue weighted by atomic mass is 32.2. The third-order valence-electron chi connectivity index (χ3n) is 4.35. The van der Waals surface area contributed by atoms with Gasteiger partial charge in [0, 0.05) is 30.7 Å². The minimum Gasteiger partial charge on any atom is -0.497 e. The topological polar surface area (TPSA) is 71.2 Å². The summed E-state index contributed by atoms with van der Waals surface area (Å²) in [7, 11) is 1.63. The third-order valence-corrected chi connectivity index (χ3v) is 5.42. The minimum atomic E-state index is -0.374. The van der Waals surface area contributed by atoms with Crippen molar-refractivity contribution in [1.29, 1.82) is 5.26 Å². The number of nitrogens with zero attached hydrogens (tertiary/aromatic N) is 4. The number of ether oxygens (including phenoxy) is 1. The van der Waals surface area contributed by atoms with E-state index in [9.17, 15) is 4.79 Å². The summed E-state index contributed by atoms with van der Waals surface area (Å²) in [4.78, 5) is 19.3. The fourth-order valence-electron chi connectivity index (χ4n) is 2.90. The summed E-state index contributed by atoms with van der Waals surface area (Å²) in [5.74, 6) is 0.694. The van der Waals surface area contributed by atoms with Crippen LogP contribution < -0.4 is 9.64 Å². The number of methoxy groups -OCH3 is 1. The van der Waals surface area contributed by atoms with E-state index in [-0.39, 0.29) is 17.6 Å². The van der Waals surface area contributed by atoms with Crippen molar-refractivity contribution >= 4 is 23.4 Å². The predicted octanol–water partition coefficient (Wildman–Crippen LogP) is 4.31. The maximum absolute atomic E-state index is 13.2. The molecule has 0 N–H and O–H groups in total. The van der Waals surface area contributed by atoms with Gasteiger partial charge in [-0.2, -0.15) is 5.26 Å². The first-order chi connectivity index (χ1) is 14.1. The Labute approximate surface area is 174 Å². The number of benzene rings is 2.